The molecule has 1 amide bonds. The van der Waals surface area contributed by atoms with Gasteiger partial charge in [0.25, 0.3) is 0 Å². The molecule has 17 heavy (non-hydrogen) atoms. The molecule has 0 aliphatic heterocycles. The van der Waals surface area contributed by atoms with E-state index >= 15 is 0 Å². The van der Waals surface area contributed by atoms with Gasteiger partial charge in [0.2, 0.25) is 5.91 Å². The van der Waals surface area contributed by atoms with E-state index in [1.165, 1.54) is 0 Å². The van der Waals surface area contributed by atoms with Crippen molar-refractivity contribution in [3.8, 4) is 11.1 Å². The topological polar surface area (TPSA) is 95.1 Å². The third-order valence-electron chi connectivity index (χ3n) is 2.54. The Morgan fingerprint density at radius 1 is 1.00 bits per heavy atom. The Hall–Kier alpha value is -2.49. The molecule has 2 aromatic rings. The number of amides is 1. The normalized spacial score (nSPS) is 10.1. The Morgan fingerprint density at radius 3 is 2.41 bits per heavy atom. The van der Waals surface area contributed by atoms with Crippen molar-refractivity contribution in [2.45, 2.75) is 0 Å². The van der Waals surface area contributed by atoms with Crippen LogP contribution in [0.1, 0.15) is 10.4 Å². The molecule has 0 saturated carbocycles. The number of anilines is 2. The first-order valence-corrected chi connectivity index (χ1v) is 5.13. The minimum atomic E-state index is -0.477. The summed E-state index contributed by atoms with van der Waals surface area (Å²) in [5.74, 6) is -0.477. The van der Waals surface area contributed by atoms with Crippen LogP contribution < -0.4 is 17.2 Å². The largest absolute Gasteiger partial charge is 0.399 e. The minimum Gasteiger partial charge on any atom is -0.399 e. The van der Waals surface area contributed by atoms with Crippen LogP contribution in [0.5, 0.6) is 0 Å². The van der Waals surface area contributed by atoms with Gasteiger partial charge >= 0.3 is 0 Å². The van der Waals surface area contributed by atoms with Gasteiger partial charge in [0.15, 0.2) is 0 Å². The second-order valence-corrected chi connectivity index (χ2v) is 3.79. The number of carbonyl (C=O) groups is 1. The molecule has 4 nitrogen and oxygen atoms in total. The number of hydrogen-bond donors (Lipinski definition) is 3. The minimum absolute atomic E-state index is 0.427. The lowest BCUT2D eigenvalue weighted by molar-refractivity contribution is 0.100. The van der Waals surface area contributed by atoms with Crippen molar-refractivity contribution in [2.24, 2.45) is 5.73 Å². The van der Waals surface area contributed by atoms with Gasteiger partial charge in [-0.05, 0) is 35.9 Å². The number of nitrogens with two attached hydrogens (primary N) is 3. The summed E-state index contributed by atoms with van der Waals surface area (Å²) < 4.78 is 0. The highest BCUT2D eigenvalue weighted by atomic mass is 16.1. The van der Waals surface area contributed by atoms with Crippen LogP contribution in [0.25, 0.3) is 11.1 Å². The van der Waals surface area contributed by atoms with E-state index in [9.17, 15) is 4.79 Å². The van der Waals surface area contributed by atoms with Crippen LogP contribution in [0.4, 0.5) is 11.4 Å². The molecule has 6 N–H and O–H groups in total. The van der Waals surface area contributed by atoms with Gasteiger partial charge in [-0.25, -0.2) is 0 Å². The quantitative estimate of drug-likeness (QED) is 0.680. The van der Waals surface area contributed by atoms with Crippen LogP contribution in [0.2, 0.25) is 0 Å². The molecule has 2 aromatic carbocycles. The molecule has 2 rings (SSSR count). The molecule has 0 saturated heterocycles. The van der Waals surface area contributed by atoms with Gasteiger partial charge in [0.1, 0.15) is 0 Å². The fraction of sp³-hybridized carbons (Fsp3) is 0. The van der Waals surface area contributed by atoms with Crippen LogP contribution >= 0.6 is 0 Å². The van der Waals surface area contributed by atoms with E-state index in [2.05, 4.69) is 0 Å². The Kier molecular flexibility index (Phi) is 2.70. The summed E-state index contributed by atoms with van der Waals surface area (Å²) in [5.41, 5.74) is 20.1. The predicted molar refractivity (Wildman–Crippen MR) is 69.2 cm³/mol. The zero-order valence-electron chi connectivity index (χ0n) is 9.18. The highest BCUT2D eigenvalue weighted by Crippen LogP contribution is 2.28. The molecule has 0 fully saturated rings. The molecule has 0 heterocycles. The van der Waals surface area contributed by atoms with E-state index in [1.54, 1.807) is 30.3 Å². The number of nitrogen functional groups attached to an aromatic ring is 2. The van der Waals surface area contributed by atoms with Crippen LogP contribution in [-0.4, -0.2) is 5.91 Å². The molecule has 0 aliphatic rings. The number of benzene rings is 2. The van der Waals surface area contributed by atoms with Crippen molar-refractivity contribution < 1.29 is 4.79 Å². The van der Waals surface area contributed by atoms with Crippen molar-refractivity contribution in [3.05, 3.63) is 48.0 Å². The van der Waals surface area contributed by atoms with Gasteiger partial charge in [0, 0.05) is 22.5 Å². The van der Waals surface area contributed by atoms with Crippen LogP contribution in [0.3, 0.4) is 0 Å². The summed E-state index contributed by atoms with van der Waals surface area (Å²) in [6.07, 6.45) is 0. The first-order valence-electron chi connectivity index (χ1n) is 5.13. The summed E-state index contributed by atoms with van der Waals surface area (Å²) in [6, 6.07) is 12.3. The van der Waals surface area contributed by atoms with E-state index < -0.39 is 5.91 Å². The zero-order valence-corrected chi connectivity index (χ0v) is 9.18. The predicted octanol–water partition coefficient (Wildman–Crippen LogP) is 1.62. The first-order chi connectivity index (χ1) is 8.08. The number of hydrogen-bond acceptors (Lipinski definition) is 3. The second kappa shape index (κ2) is 4.17. The van der Waals surface area contributed by atoms with E-state index in [0.29, 0.717) is 16.9 Å². The Bertz CT molecular complexity index is 579. The maximum absolute atomic E-state index is 11.1. The van der Waals surface area contributed by atoms with E-state index in [4.69, 9.17) is 17.2 Å². The lowest BCUT2D eigenvalue weighted by Gasteiger charge is -2.08. The van der Waals surface area contributed by atoms with Crippen molar-refractivity contribution in [3.63, 3.8) is 0 Å². The molecule has 0 bridgehead atoms. The Balaban J connectivity index is 2.58. The van der Waals surface area contributed by atoms with Gasteiger partial charge in [-0.15, -0.1) is 0 Å². The average molecular weight is 227 g/mol. The maximum atomic E-state index is 11.1. The maximum Gasteiger partial charge on any atom is 0.248 e. The molecule has 0 unspecified atom stereocenters. The fourth-order valence-electron chi connectivity index (χ4n) is 1.67. The summed E-state index contributed by atoms with van der Waals surface area (Å²) in [4.78, 5) is 11.1. The third-order valence-corrected chi connectivity index (χ3v) is 2.54. The molecule has 0 atom stereocenters. The lowest BCUT2D eigenvalue weighted by Crippen LogP contribution is -2.11. The smallest absolute Gasteiger partial charge is 0.248 e. The molecule has 86 valence electrons. The molecular formula is C13H13N3O. The Morgan fingerprint density at radius 2 is 1.76 bits per heavy atom. The molecule has 4 heteroatoms. The number of primary amides is 1. The van der Waals surface area contributed by atoms with Gasteiger partial charge < -0.3 is 17.2 Å². The summed E-state index contributed by atoms with van der Waals surface area (Å²) in [7, 11) is 0. The Labute approximate surface area is 99.0 Å². The highest BCUT2D eigenvalue weighted by Gasteiger charge is 2.07. The van der Waals surface area contributed by atoms with E-state index in [-0.39, 0.29) is 0 Å². The standard InChI is InChI=1S/C13H13N3O/c14-10-3-1-2-8(6-10)11-7-9(13(16)17)4-5-12(11)15/h1-7H,14-15H2,(H2,16,17). The molecule has 0 aromatic heterocycles. The lowest BCUT2D eigenvalue weighted by atomic mass is 10.0. The highest BCUT2D eigenvalue weighted by molar-refractivity contribution is 5.95. The molecule has 0 spiro atoms. The van der Waals surface area contributed by atoms with Crippen molar-refractivity contribution in [1.29, 1.82) is 0 Å². The summed E-state index contributed by atoms with van der Waals surface area (Å²) in [6.45, 7) is 0. The first kappa shape index (κ1) is 11.0. The van der Waals surface area contributed by atoms with Gasteiger partial charge in [-0.3, -0.25) is 4.79 Å². The van der Waals surface area contributed by atoms with Crippen LogP contribution in [-0.2, 0) is 0 Å². The fourth-order valence-corrected chi connectivity index (χ4v) is 1.67. The molecular weight excluding hydrogens is 214 g/mol. The number of carbonyl (C=O) groups excluding carboxylic acids is 1. The second-order valence-electron chi connectivity index (χ2n) is 3.79. The zero-order chi connectivity index (χ0) is 12.4. The van der Waals surface area contributed by atoms with E-state index in [1.807, 2.05) is 12.1 Å². The van der Waals surface area contributed by atoms with Crippen molar-refractivity contribution in [2.75, 3.05) is 11.5 Å². The SMILES string of the molecule is NC(=O)c1ccc(N)c(-c2cccc(N)c2)c1. The number of rotatable bonds is 2. The van der Waals surface area contributed by atoms with Gasteiger partial charge in [-0.2, -0.15) is 0 Å². The molecule has 0 aliphatic carbocycles. The molecule has 0 radical (unpaired) electrons. The summed E-state index contributed by atoms with van der Waals surface area (Å²) in [5, 5.41) is 0. The third kappa shape index (κ3) is 2.20. The average Bonchev–Trinajstić information content (AvgIpc) is 2.29. The van der Waals surface area contributed by atoms with Crippen LogP contribution in [0, 0.1) is 0 Å². The van der Waals surface area contributed by atoms with Crippen molar-refractivity contribution in [1.82, 2.24) is 0 Å². The van der Waals surface area contributed by atoms with Gasteiger partial charge in [0.05, 0.1) is 0 Å². The van der Waals surface area contributed by atoms with Gasteiger partial charge in [-0.1, -0.05) is 12.1 Å². The van der Waals surface area contributed by atoms with Crippen LogP contribution in [0.15, 0.2) is 42.5 Å². The summed E-state index contributed by atoms with van der Waals surface area (Å²) >= 11 is 0. The monoisotopic (exact) mass is 227 g/mol. The van der Waals surface area contributed by atoms with Crippen molar-refractivity contribution >= 4 is 17.3 Å². The van der Waals surface area contributed by atoms with E-state index in [0.717, 1.165) is 11.1 Å².